The van der Waals surface area contributed by atoms with Crippen molar-refractivity contribution in [2.75, 3.05) is 19.6 Å². The Morgan fingerprint density at radius 2 is 1.91 bits per heavy atom. The van der Waals surface area contributed by atoms with Crippen molar-refractivity contribution in [1.82, 2.24) is 10.2 Å². The summed E-state index contributed by atoms with van der Waals surface area (Å²) in [5.41, 5.74) is 0. The lowest BCUT2D eigenvalue weighted by molar-refractivity contribution is -0.143. The molecule has 4 unspecified atom stereocenters. The Balaban J connectivity index is 1.40. The SMILES string of the molecule is CC(NC(=O)CN1CCC(C(=O)O)CC1)C1CC2CCC1C2. The van der Waals surface area contributed by atoms with Crippen LogP contribution in [0.1, 0.15) is 45.4 Å². The van der Waals surface area contributed by atoms with Crippen molar-refractivity contribution in [3.63, 3.8) is 0 Å². The number of nitrogens with one attached hydrogen (secondary N) is 1. The van der Waals surface area contributed by atoms with E-state index in [2.05, 4.69) is 17.1 Å². The van der Waals surface area contributed by atoms with E-state index in [9.17, 15) is 9.59 Å². The number of hydrogen-bond donors (Lipinski definition) is 2. The molecular weight excluding hydrogens is 280 g/mol. The molecule has 1 heterocycles. The average Bonchev–Trinajstić information content (AvgIpc) is 3.10. The first-order chi connectivity index (χ1) is 10.5. The second-order valence-corrected chi connectivity index (χ2v) is 7.58. The number of carboxylic acid groups (broad SMARTS) is 1. The zero-order valence-corrected chi connectivity index (χ0v) is 13.5. The summed E-state index contributed by atoms with van der Waals surface area (Å²) < 4.78 is 0. The number of carboxylic acids is 1. The molecule has 1 aliphatic heterocycles. The average molecular weight is 308 g/mol. The summed E-state index contributed by atoms with van der Waals surface area (Å²) in [7, 11) is 0. The Kier molecular flexibility index (Phi) is 4.71. The lowest BCUT2D eigenvalue weighted by Gasteiger charge is -2.31. The number of piperidine rings is 1. The molecule has 2 aliphatic carbocycles. The van der Waals surface area contributed by atoms with E-state index in [1.165, 1.54) is 25.7 Å². The van der Waals surface area contributed by atoms with Gasteiger partial charge in [-0.3, -0.25) is 14.5 Å². The second-order valence-electron chi connectivity index (χ2n) is 7.58. The van der Waals surface area contributed by atoms with Crippen LogP contribution in [0.4, 0.5) is 0 Å². The number of nitrogens with zero attached hydrogens (tertiary/aromatic N) is 1. The molecule has 3 rings (SSSR count). The van der Waals surface area contributed by atoms with Crippen molar-refractivity contribution in [1.29, 1.82) is 0 Å². The quantitative estimate of drug-likeness (QED) is 0.811. The monoisotopic (exact) mass is 308 g/mol. The van der Waals surface area contributed by atoms with Crippen LogP contribution in [0.3, 0.4) is 0 Å². The number of likely N-dealkylation sites (tertiary alicyclic amines) is 1. The van der Waals surface area contributed by atoms with Crippen LogP contribution in [-0.4, -0.2) is 47.6 Å². The number of aliphatic carboxylic acids is 1. The molecule has 0 aromatic carbocycles. The second kappa shape index (κ2) is 6.57. The van der Waals surface area contributed by atoms with Gasteiger partial charge < -0.3 is 10.4 Å². The first-order valence-electron chi connectivity index (χ1n) is 8.77. The third-order valence-electron chi connectivity index (χ3n) is 6.13. The Morgan fingerprint density at radius 1 is 1.18 bits per heavy atom. The van der Waals surface area contributed by atoms with Gasteiger partial charge in [-0.25, -0.2) is 0 Å². The zero-order valence-electron chi connectivity index (χ0n) is 13.5. The molecule has 2 saturated carbocycles. The smallest absolute Gasteiger partial charge is 0.306 e. The molecule has 4 atom stereocenters. The molecule has 5 heteroatoms. The third kappa shape index (κ3) is 3.45. The summed E-state index contributed by atoms with van der Waals surface area (Å²) in [6.45, 7) is 4.00. The topological polar surface area (TPSA) is 69.6 Å². The highest BCUT2D eigenvalue weighted by atomic mass is 16.4. The molecule has 5 nitrogen and oxygen atoms in total. The van der Waals surface area contributed by atoms with E-state index < -0.39 is 5.97 Å². The molecule has 3 aliphatic rings. The fourth-order valence-electron chi connectivity index (χ4n) is 4.85. The van der Waals surface area contributed by atoms with Crippen molar-refractivity contribution < 1.29 is 14.7 Å². The van der Waals surface area contributed by atoms with E-state index in [4.69, 9.17) is 5.11 Å². The van der Waals surface area contributed by atoms with Gasteiger partial charge in [0.25, 0.3) is 0 Å². The molecule has 1 saturated heterocycles. The largest absolute Gasteiger partial charge is 0.481 e. The first-order valence-corrected chi connectivity index (χ1v) is 8.77. The van der Waals surface area contributed by atoms with Gasteiger partial charge in [0.1, 0.15) is 0 Å². The van der Waals surface area contributed by atoms with E-state index in [-0.39, 0.29) is 17.9 Å². The maximum Gasteiger partial charge on any atom is 0.306 e. The summed E-state index contributed by atoms with van der Waals surface area (Å²) in [5, 5.41) is 12.2. The third-order valence-corrected chi connectivity index (χ3v) is 6.13. The minimum atomic E-state index is -0.700. The number of hydrogen-bond acceptors (Lipinski definition) is 3. The molecule has 0 radical (unpaired) electrons. The maximum atomic E-state index is 12.2. The van der Waals surface area contributed by atoms with Crippen LogP contribution in [-0.2, 0) is 9.59 Å². The van der Waals surface area contributed by atoms with Gasteiger partial charge in [-0.2, -0.15) is 0 Å². The number of carbonyl (C=O) groups excluding carboxylic acids is 1. The van der Waals surface area contributed by atoms with Crippen molar-refractivity contribution in [3.8, 4) is 0 Å². The van der Waals surface area contributed by atoms with E-state index in [0.29, 0.717) is 38.4 Å². The Morgan fingerprint density at radius 3 is 2.45 bits per heavy atom. The minimum Gasteiger partial charge on any atom is -0.481 e. The molecule has 3 fully saturated rings. The van der Waals surface area contributed by atoms with E-state index >= 15 is 0 Å². The van der Waals surface area contributed by atoms with Crippen LogP contribution < -0.4 is 5.32 Å². The molecule has 0 spiro atoms. The number of fused-ring (bicyclic) bond motifs is 2. The number of rotatable bonds is 5. The first kappa shape index (κ1) is 15.8. The highest BCUT2D eigenvalue weighted by Crippen LogP contribution is 2.49. The van der Waals surface area contributed by atoms with Crippen LogP contribution >= 0.6 is 0 Å². The lowest BCUT2D eigenvalue weighted by atomic mass is 9.84. The summed E-state index contributed by atoms with van der Waals surface area (Å²) in [6, 6.07) is 0.277. The highest BCUT2D eigenvalue weighted by molar-refractivity contribution is 5.78. The predicted molar refractivity (Wildman–Crippen MR) is 83.3 cm³/mol. The molecule has 22 heavy (non-hydrogen) atoms. The summed E-state index contributed by atoms with van der Waals surface area (Å²) in [6.07, 6.45) is 6.71. The van der Waals surface area contributed by atoms with Gasteiger partial charge in [-0.15, -0.1) is 0 Å². The van der Waals surface area contributed by atoms with Crippen LogP contribution in [0.15, 0.2) is 0 Å². The van der Waals surface area contributed by atoms with Gasteiger partial charge in [0.05, 0.1) is 12.5 Å². The minimum absolute atomic E-state index is 0.101. The van der Waals surface area contributed by atoms with Gasteiger partial charge in [-0.05, 0) is 69.9 Å². The zero-order chi connectivity index (χ0) is 15.7. The van der Waals surface area contributed by atoms with Gasteiger partial charge in [0.2, 0.25) is 5.91 Å². The van der Waals surface area contributed by atoms with Crippen molar-refractivity contribution in [3.05, 3.63) is 0 Å². The summed E-state index contributed by atoms with van der Waals surface area (Å²) in [5.74, 6) is 1.57. The van der Waals surface area contributed by atoms with Gasteiger partial charge in [-0.1, -0.05) is 6.42 Å². The van der Waals surface area contributed by atoms with E-state index in [0.717, 1.165) is 11.8 Å². The predicted octanol–water partition coefficient (Wildman–Crippen LogP) is 1.72. The van der Waals surface area contributed by atoms with E-state index in [1.807, 2.05) is 0 Å². The molecule has 2 N–H and O–H groups in total. The van der Waals surface area contributed by atoms with Crippen LogP contribution in [0, 0.1) is 23.7 Å². The van der Waals surface area contributed by atoms with Crippen molar-refractivity contribution >= 4 is 11.9 Å². The number of amides is 1. The molecule has 124 valence electrons. The molecule has 2 bridgehead atoms. The van der Waals surface area contributed by atoms with Gasteiger partial charge >= 0.3 is 5.97 Å². The molecular formula is C17H28N2O3. The normalized spacial score (nSPS) is 33.8. The van der Waals surface area contributed by atoms with Gasteiger partial charge in [0, 0.05) is 6.04 Å². The van der Waals surface area contributed by atoms with Crippen molar-refractivity contribution in [2.45, 2.75) is 51.5 Å². The number of carbonyl (C=O) groups is 2. The molecule has 1 amide bonds. The maximum absolute atomic E-state index is 12.2. The lowest BCUT2D eigenvalue weighted by Crippen LogP contribution is -2.47. The van der Waals surface area contributed by atoms with E-state index in [1.54, 1.807) is 0 Å². The van der Waals surface area contributed by atoms with Crippen LogP contribution in [0.2, 0.25) is 0 Å². The van der Waals surface area contributed by atoms with Crippen LogP contribution in [0.5, 0.6) is 0 Å². The van der Waals surface area contributed by atoms with Gasteiger partial charge in [0.15, 0.2) is 0 Å². The Hall–Kier alpha value is -1.10. The fourth-order valence-corrected chi connectivity index (χ4v) is 4.85. The Labute approximate surface area is 132 Å². The standard InChI is InChI=1S/C17H28N2O3/c1-11(15-9-12-2-3-14(15)8-12)18-16(20)10-19-6-4-13(5-7-19)17(21)22/h11-15H,2-10H2,1H3,(H,18,20)(H,21,22). The summed E-state index contributed by atoms with van der Waals surface area (Å²) in [4.78, 5) is 25.3. The Bertz CT molecular complexity index is 432. The van der Waals surface area contributed by atoms with Crippen molar-refractivity contribution in [2.24, 2.45) is 23.7 Å². The fraction of sp³-hybridized carbons (Fsp3) is 0.882. The molecule has 0 aromatic rings. The summed E-state index contributed by atoms with van der Waals surface area (Å²) >= 11 is 0. The van der Waals surface area contributed by atoms with Crippen LogP contribution in [0.25, 0.3) is 0 Å². The molecule has 0 aromatic heterocycles. The highest BCUT2D eigenvalue weighted by Gasteiger charge is 2.42.